The van der Waals surface area contributed by atoms with Crippen LogP contribution in [-0.2, 0) is 0 Å². The molecule has 0 saturated carbocycles. The van der Waals surface area contributed by atoms with Crippen molar-refractivity contribution >= 4 is 23.5 Å². The zero-order valence-corrected chi connectivity index (χ0v) is 8.64. The van der Waals surface area contributed by atoms with Crippen LogP contribution in [0.4, 0.5) is 0 Å². The highest BCUT2D eigenvalue weighted by Crippen LogP contribution is 1.89. The first-order valence-electron chi connectivity index (χ1n) is 3.92. The number of hydrazone groups is 1. The average Bonchev–Trinajstić information content (AvgIpc) is 2.08. The van der Waals surface area contributed by atoms with Crippen molar-refractivity contribution in [3.05, 3.63) is 32.1 Å². The Labute approximate surface area is 89.4 Å². The Morgan fingerprint density at radius 2 is 2.20 bits per heavy atom. The van der Waals surface area contributed by atoms with E-state index in [-0.39, 0.29) is 10.7 Å². The lowest BCUT2D eigenvalue weighted by atomic mass is 10.2. The molecule has 0 aliphatic heterocycles. The second-order valence-electron chi connectivity index (χ2n) is 2.68. The molecule has 1 aromatic rings. The number of aromatic nitrogens is 2. The summed E-state index contributed by atoms with van der Waals surface area (Å²) in [5.74, 6) is 0. The Kier molecular flexibility index (Phi) is 3.34. The molecule has 0 saturated heterocycles. The molecule has 80 valence electrons. The molecule has 8 heteroatoms. The van der Waals surface area contributed by atoms with Gasteiger partial charge >= 0.3 is 5.69 Å². The van der Waals surface area contributed by atoms with Crippen LogP contribution < -0.4 is 22.4 Å². The SMILES string of the molecule is Cc1[nH]c(=O)[nH]c(=O)c1/C=N\NC(N)=S. The molecule has 1 rings (SSSR count). The number of aryl methyl sites for hydroxylation is 1. The Hall–Kier alpha value is -1.96. The van der Waals surface area contributed by atoms with E-state index in [9.17, 15) is 9.59 Å². The van der Waals surface area contributed by atoms with E-state index in [0.29, 0.717) is 5.69 Å². The van der Waals surface area contributed by atoms with E-state index in [1.807, 2.05) is 0 Å². The molecule has 0 spiro atoms. The van der Waals surface area contributed by atoms with E-state index in [1.54, 1.807) is 6.92 Å². The lowest BCUT2D eigenvalue weighted by molar-refractivity contribution is 0.981. The van der Waals surface area contributed by atoms with Gasteiger partial charge in [0, 0.05) is 5.69 Å². The topological polar surface area (TPSA) is 116 Å². The standard InChI is InChI=1S/C7H9N5O2S/c1-3-4(2-9-12-6(8)15)5(13)11-7(14)10-3/h2H,1H3,(H3,8,12,15)(H2,10,11,13,14)/b9-2-. The van der Waals surface area contributed by atoms with Crippen molar-refractivity contribution in [2.75, 3.05) is 0 Å². The Morgan fingerprint density at radius 3 is 2.73 bits per heavy atom. The third-order valence-corrected chi connectivity index (χ3v) is 1.64. The smallest absolute Gasteiger partial charge is 0.325 e. The highest BCUT2D eigenvalue weighted by Gasteiger charge is 2.01. The third-order valence-electron chi connectivity index (χ3n) is 1.55. The van der Waals surface area contributed by atoms with E-state index in [0.717, 1.165) is 0 Å². The highest BCUT2D eigenvalue weighted by atomic mass is 32.1. The molecule has 0 aromatic carbocycles. The van der Waals surface area contributed by atoms with Gasteiger partial charge in [-0.05, 0) is 19.1 Å². The molecule has 5 N–H and O–H groups in total. The number of H-pyrrole nitrogens is 2. The van der Waals surface area contributed by atoms with E-state index < -0.39 is 11.2 Å². The Morgan fingerprint density at radius 1 is 1.53 bits per heavy atom. The van der Waals surface area contributed by atoms with Gasteiger partial charge in [-0.15, -0.1) is 0 Å². The molecule has 1 heterocycles. The molecule has 0 aliphatic rings. The molecule has 1 aromatic heterocycles. The van der Waals surface area contributed by atoms with Gasteiger partial charge in [-0.1, -0.05) is 0 Å². The van der Waals surface area contributed by atoms with Gasteiger partial charge in [0.15, 0.2) is 5.11 Å². The lowest BCUT2D eigenvalue weighted by Crippen LogP contribution is -2.28. The second kappa shape index (κ2) is 4.51. The Bertz CT molecular complexity index is 515. The van der Waals surface area contributed by atoms with Gasteiger partial charge in [0.25, 0.3) is 5.56 Å². The lowest BCUT2D eigenvalue weighted by Gasteiger charge is -1.97. The summed E-state index contributed by atoms with van der Waals surface area (Å²) in [6.07, 6.45) is 1.23. The first-order valence-corrected chi connectivity index (χ1v) is 4.33. The number of thiocarbonyl (C=S) groups is 1. The summed E-state index contributed by atoms with van der Waals surface area (Å²) in [4.78, 5) is 26.6. The quantitative estimate of drug-likeness (QED) is 0.280. The van der Waals surface area contributed by atoms with Gasteiger partial charge in [0.05, 0.1) is 11.8 Å². The first-order chi connectivity index (χ1) is 7.00. The van der Waals surface area contributed by atoms with Crippen LogP contribution in [0.3, 0.4) is 0 Å². The van der Waals surface area contributed by atoms with Crippen LogP contribution in [0.15, 0.2) is 14.7 Å². The summed E-state index contributed by atoms with van der Waals surface area (Å²) in [6, 6.07) is 0. The molecule has 0 atom stereocenters. The summed E-state index contributed by atoms with van der Waals surface area (Å²) >= 11 is 4.51. The predicted molar refractivity (Wildman–Crippen MR) is 59.9 cm³/mol. The molecule has 0 fully saturated rings. The zero-order valence-electron chi connectivity index (χ0n) is 7.83. The van der Waals surface area contributed by atoms with Crippen molar-refractivity contribution in [2.45, 2.75) is 6.92 Å². The monoisotopic (exact) mass is 227 g/mol. The van der Waals surface area contributed by atoms with Crippen LogP contribution >= 0.6 is 12.2 Å². The fourth-order valence-corrected chi connectivity index (χ4v) is 0.978. The van der Waals surface area contributed by atoms with Gasteiger partial charge in [0.1, 0.15) is 0 Å². The molecule has 7 nitrogen and oxygen atoms in total. The predicted octanol–water partition coefficient (Wildman–Crippen LogP) is -1.46. The van der Waals surface area contributed by atoms with Crippen molar-refractivity contribution < 1.29 is 0 Å². The number of hydrogen-bond donors (Lipinski definition) is 4. The van der Waals surface area contributed by atoms with E-state index >= 15 is 0 Å². The number of rotatable bonds is 2. The minimum absolute atomic E-state index is 0.00948. The zero-order chi connectivity index (χ0) is 11.4. The normalized spacial score (nSPS) is 10.5. The van der Waals surface area contributed by atoms with Crippen LogP contribution in [0.25, 0.3) is 0 Å². The minimum Gasteiger partial charge on any atom is -0.375 e. The maximum Gasteiger partial charge on any atom is 0.325 e. The van der Waals surface area contributed by atoms with Crippen molar-refractivity contribution in [1.29, 1.82) is 0 Å². The minimum atomic E-state index is -0.558. The van der Waals surface area contributed by atoms with Crippen LogP contribution in [0.1, 0.15) is 11.3 Å². The number of nitrogens with two attached hydrogens (primary N) is 1. The molecule has 0 bridgehead atoms. The summed E-state index contributed by atoms with van der Waals surface area (Å²) in [5.41, 5.74) is 6.98. The van der Waals surface area contributed by atoms with Gasteiger partial charge in [-0.2, -0.15) is 5.10 Å². The fourth-order valence-electron chi connectivity index (χ4n) is 0.926. The molecule has 0 amide bonds. The summed E-state index contributed by atoms with van der Waals surface area (Å²) in [7, 11) is 0. The summed E-state index contributed by atoms with van der Waals surface area (Å²) in [5, 5.41) is 3.60. The Balaban J connectivity index is 3.05. The molecule has 0 unspecified atom stereocenters. The maximum absolute atomic E-state index is 11.3. The van der Waals surface area contributed by atoms with Crippen LogP contribution in [0, 0.1) is 6.92 Å². The van der Waals surface area contributed by atoms with Crippen molar-refractivity contribution in [3.8, 4) is 0 Å². The molecule has 0 aliphatic carbocycles. The van der Waals surface area contributed by atoms with Crippen LogP contribution in [0.2, 0.25) is 0 Å². The van der Waals surface area contributed by atoms with Crippen LogP contribution in [-0.4, -0.2) is 21.3 Å². The number of aromatic amines is 2. The number of hydrogen-bond acceptors (Lipinski definition) is 4. The molecular formula is C7H9N5O2S. The third kappa shape index (κ3) is 3.02. The maximum atomic E-state index is 11.3. The van der Waals surface area contributed by atoms with Gasteiger partial charge in [0.2, 0.25) is 0 Å². The highest BCUT2D eigenvalue weighted by molar-refractivity contribution is 7.80. The van der Waals surface area contributed by atoms with Gasteiger partial charge in [-0.3, -0.25) is 15.2 Å². The fraction of sp³-hybridized carbons (Fsp3) is 0.143. The van der Waals surface area contributed by atoms with Gasteiger partial charge in [-0.25, -0.2) is 4.79 Å². The second-order valence-corrected chi connectivity index (χ2v) is 3.12. The average molecular weight is 227 g/mol. The van der Waals surface area contributed by atoms with E-state index in [4.69, 9.17) is 5.73 Å². The summed E-state index contributed by atoms with van der Waals surface area (Å²) < 4.78 is 0. The molecule has 0 radical (unpaired) electrons. The van der Waals surface area contributed by atoms with Crippen molar-refractivity contribution in [3.63, 3.8) is 0 Å². The van der Waals surface area contributed by atoms with E-state index in [1.165, 1.54) is 6.21 Å². The summed E-state index contributed by atoms with van der Waals surface area (Å²) in [6.45, 7) is 1.58. The van der Waals surface area contributed by atoms with Crippen LogP contribution in [0.5, 0.6) is 0 Å². The first kappa shape index (κ1) is 11.1. The van der Waals surface area contributed by atoms with E-state index in [2.05, 4.69) is 32.7 Å². The molecular weight excluding hydrogens is 218 g/mol. The number of nitrogens with zero attached hydrogens (tertiary/aromatic N) is 1. The largest absolute Gasteiger partial charge is 0.375 e. The van der Waals surface area contributed by atoms with Crippen molar-refractivity contribution in [2.24, 2.45) is 10.8 Å². The van der Waals surface area contributed by atoms with Crippen molar-refractivity contribution in [1.82, 2.24) is 15.4 Å². The van der Waals surface area contributed by atoms with Gasteiger partial charge < -0.3 is 10.7 Å². The number of nitrogens with one attached hydrogen (secondary N) is 3. The molecule has 15 heavy (non-hydrogen) atoms.